The first kappa shape index (κ1) is 11.7. The molecule has 0 aliphatic rings. The summed E-state index contributed by atoms with van der Waals surface area (Å²) >= 11 is 0. The lowest BCUT2D eigenvalue weighted by molar-refractivity contribution is 0.274. The highest BCUT2D eigenvalue weighted by atomic mass is 16.3. The van der Waals surface area contributed by atoms with Crippen molar-refractivity contribution in [2.45, 2.75) is 32.8 Å². The molecule has 15 heavy (non-hydrogen) atoms. The molecule has 0 saturated carbocycles. The summed E-state index contributed by atoms with van der Waals surface area (Å²) in [5.41, 5.74) is 1.75. The van der Waals surface area contributed by atoms with Crippen molar-refractivity contribution >= 4 is 12.4 Å². The Morgan fingerprint density at radius 2 is 1.93 bits per heavy atom. The summed E-state index contributed by atoms with van der Waals surface area (Å²) in [6, 6.07) is 3.43. The molecule has 82 valence electrons. The molecule has 0 spiro atoms. The molecule has 1 aromatic rings. The number of aliphatic imine (C=N–C) groups is 1. The van der Waals surface area contributed by atoms with Crippen LogP contribution in [0.4, 0.5) is 5.69 Å². The molecule has 0 heterocycles. The van der Waals surface area contributed by atoms with Gasteiger partial charge in [-0.3, -0.25) is 4.99 Å². The van der Waals surface area contributed by atoms with Crippen LogP contribution in [0.2, 0.25) is 0 Å². The minimum Gasteiger partial charge on any atom is -0.507 e. The smallest absolute Gasteiger partial charge is 0.124 e. The highest BCUT2D eigenvalue weighted by Crippen LogP contribution is 2.36. The molecule has 0 fully saturated rings. The minimum absolute atomic E-state index is 0.150. The van der Waals surface area contributed by atoms with Crippen LogP contribution in [0.1, 0.15) is 31.9 Å². The van der Waals surface area contributed by atoms with E-state index in [1.165, 1.54) is 0 Å². The first-order valence-corrected chi connectivity index (χ1v) is 4.84. The van der Waals surface area contributed by atoms with E-state index >= 15 is 0 Å². The summed E-state index contributed by atoms with van der Waals surface area (Å²) < 4.78 is 0. The molecule has 0 bridgehead atoms. The second-order valence-corrected chi connectivity index (χ2v) is 4.57. The molecule has 2 N–H and O–H groups in total. The number of aliphatic hydroxyl groups is 1. The van der Waals surface area contributed by atoms with E-state index in [0.29, 0.717) is 11.3 Å². The van der Waals surface area contributed by atoms with Gasteiger partial charge in [0.1, 0.15) is 5.75 Å². The van der Waals surface area contributed by atoms with Crippen molar-refractivity contribution in [3.05, 3.63) is 23.3 Å². The molecule has 0 saturated heterocycles. The average Bonchev–Trinajstić information content (AvgIpc) is 2.16. The quantitative estimate of drug-likeness (QED) is 0.732. The van der Waals surface area contributed by atoms with Crippen molar-refractivity contribution in [3.8, 4) is 5.75 Å². The van der Waals surface area contributed by atoms with Crippen molar-refractivity contribution in [3.63, 3.8) is 0 Å². The maximum atomic E-state index is 9.92. The van der Waals surface area contributed by atoms with Gasteiger partial charge in [-0.2, -0.15) is 0 Å². The van der Waals surface area contributed by atoms with E-state index in [9.17, 15) is 5.11 Å². The van der Waals surface area contributed by atoms with E-state index in [1.54, 1.807) is 12.1 Å². The van der Waals surface area contributed by atoms with Gasteiger partial charge in [0.15, 0.2) is 0 Å². The van der Waals surface area contributed by atoms with Gasteiger partial charge < -0.3 is 10.2 Å². The van der Waals surface area contributed by atoms with Crippen molar-refractivity contribution < 1.29 is 10.2 Å². The number of benzene rings is 1. The zero-order valence-electron chi connectivity index (χ0n) is 9.41. The van der Waals surface area contributed by atoms with Gasteiger partial charge in [-0.1, -0.05) is 20.8 Å². The highest BCUT2D eigenvalue weighted by Gasteiger charge is 2.20. The summed E-state index contributed by atoms with van der Waals surface area (Å²) in [7, 11) is 0. The monoisotopic (exact) mass is 207 g/mol. The largest absolute Gasteiger partial charge is 0.507 e. The van der Waals surface area contributed by atoms with Gasteiger partial charge in [-0.25, -0.2) is 0 Å². The van der Waals surface area contributed by atoms with Gasteiger partial charge >= 0.3 is 0 Å². The van der Waals surface area contributed by atoms with Gasteiger partial charge in [0.2, 0.25) is 0 Å². The summed E-state index contributed by atoms with van der Waals surface area (Å²) in [6.45, 7) is 9.24. The number of phenols is 1. The molecule has 0 radical (unpaired) electrons. The van der Waals surface area contributed by atoms with Crippen molar-refractivity contribution in [2.75, 3.05) is 0 Å². The lowest BCUT2D eigenvalue weighted by Crippen LogP contribution is -2.12. The molecule has 0 aliphatic heterocycles. The third-order valence-corrected chi connectivity index (χ3v) is 2.33. The van der Waals surface area contributed by atoms with Gasteiger partial charge in [-0.05, 0) is 24.3 Å². The SMILES string of the molecule is C=Nc1cc(CO)c(O)c(C(C)(C)C)c1. The van der Waals surface area contributed by atoms with Crippen LogP contribution < -0.4 is 0 Å². The van der Waals surface area contributed by atoms with Gasteiger partial charge in [-0.15, -0.1) is 0 Å². The second-order valence-electron chi connectivity index (χ2n) is 4.57. The van der Waals surface area contributed by atoms with Crippen molar-refractivity contribution in [2.24, 2.45) is 4.99 Å². The predicted molar refractivity (Wildman–Crippen MR) is 61.9 cm³/mol. The normalized spacial score (nSPS) is 11.5. The number of hydrogen-bond acceptors (Lipinski definition) is 3. The fourth-order valence-electron chi connectivity index (χ4n) is 1.46. The standard InChI is InChI=1S/C12H17NO2/c1-12(2,3)10-6-9(13-4)5-8(7-14)11(10)15/h5-6,14-15H,4,7H2,1-3H3. The molecule has 1 rings (SSSR count). The van der Waals surface area contributed by atoms with Gasteiger partial charge in [0.25, 0.3) is 0 Å². The molecule has 0 amide bonds. The summed E-state index contributed by atoms with van der Waals surface area (Å²) in [5, 5.41) is 19.0. The summed E-state index contributed by atoms with van der Waals surface area (Å²) in [6.07, 6.45) is 0. The molecule has 3 heteroatoms. The number of rotatable bonds is 2. The van der Waals surface area contributed by atoms with E-state index in [0.717, 1.165) is 5.56 Å². The Morgan fingerprint density at radius 1 is 1.33 bits per heavy atom. The molecule has 0 aliphatic carbocycles. The Hall–Kier alpha value is -1.35. The van der Waals surface area contributed by atoms with Crippen LogP contribution in [-0.2, 0) is 12.0 Å². The summed E-state index contributed by atoms with van der Waals surface area (Å²) in [4.78, 5) is 3.82. The fourth-order valence-corrected chi connectivity index (χ4v) is 1.46. The topological polar surface area (TPSA) is 52.8 Å². The maximum Gasteiger partial charge on any atom is 0.124 e. The Bertz CT molecular complexity index is 378. The lowest BCUT2D eigenvalue weighted by Gasteiger charge is -2.22. The Kier molecular flexibility index (Phi) is 3.15. The highest BCUT2D eigenvalue weighted by molar-refractivity contribution is 5.56. The molecule has 0 aromatic heterocycles. The van der Waals surface area contributed by atoms with E-state index in [-0.39, 0.29) is 17.8 Å². The zero-order valence-corrected chi connectivity index (χ0v) is 9.41. The third kappa shape index (κ3) is 2.36. The third-order valence-electron chi connectivity index (χ3n) is 2.33. The molecule has 0 unspecified atom stereocenters. The Morgan fingerprint density at radius 3 is 2.33 bits per heavy atom. The van der Waals surface area contributed by atoms with Crippen LogP contribution in [0.15, 0.2) is 17.1 Å². The van der Waals surface area contributed by atoms with E-state index in [1.807, 2.05) is 20.8 Å². The van der Waals surface area contributed by atoms with Crippen LogP contribution in [0, 0.1) is 0 Å². The number of hydrogen-bond donors (Lipinski definition) is 2. The van der Waals surface area contributed by atoms with Gasteiger partial charge in [0, 0.05) is 11.1 Å². The lowest BCUT2D eigenvalue weighted by atomic mass is 9.85. The van der Waals surface area contributed by atoms with E-state index in [4.69, 9.17) is 5.11 Å². The first-order valence-electron chi connectivity index (χ1n) is 4.84. The van der Waals surface area contributed by atoms with Crippen LogP contribution in [0.5, 0.6) is 5.75 Å². The molecule has 0 atom stereocenters. The number of nitrogens with zero attached hydrogens (tertiary/aromatic N) is 1. The second kappa shape index (κ2) is 4.03. The van der Waals surface area contributed by atoms with Crippen molar-refractivity contribution in [1.82, 2.24) is 0 Å². The molecule has 1 aromatic carbocycles. The van der Waals surface area contributed by atoms with E-state index in [2.05, 4.69) is 11.7 Å². The van der Waals surface area contributed by atoms with Crippen molar-refractivity contribution in [1.29, 1.82) is 0 Å². The molecular weight excluding hydrogens is 190 g/mol. The maximum absolute atomic E-state index is 9.92. The molecule has 3 nitrogen and oxygen atoms in total. The summed E-state index contributed by atoms with van der Waals surface area (Å²) in [5.74, 6) is 0.150. The number of aromatic hydroxyl groups is 1. The Labute approximate surface area is 90.1 Å². The van der Waals surface area contributed by atoms with Crippen LogP contribution in [-0.4, -0.2) is 16.9 Å². The zero-order chi connectivity index (χ0) is 11.6. The van der Waals surface area contributed by atoms with Crippen LogP contribution in [0.3, 0.4) is 0 Å². The molecular formula is C12H17NO2. The average molecular weight is 207 g/mol. The fraction of sp³-hybridized carbons (Fsp3) is 0.417. The van der Waals surface area contributed by atoms with Crippen LogP contribution >= 0.6 is 0 Å². The predicted octanol–water partition coefficient (Wildman–Crippen LogP) is 2.51. The van der Waals surface area contributed by atoms with E-state index < -0.39 is 0 Å². The van der Waals surface area contributed by atoms with Crippen LogP contribution in [0.25, 0.3) is 0 Å². The number of aliphatic hydroxyl groups excluding tert-OH is 1. The minimum atomic E-state index is -0.196. The van der Waals surface area contributed by atoms with Gasteiger partial charge in [0.05, 0.1) is 12.3 Å². The Balaban J connectivity index is 3.44. The first-order chi connectivity index (χ1) is 6.90.